The average Bonchev–Trinajstić information content (AvgIpc) is 3.17. The van der Waals surface area contributed by atoms with Crippen molar-refractivity contribution in [3.8, 4) is 11.3 Å². The predicted molar refractivity (Wildman–Crippen MR) is 122 cm³/mol. The van der Waals surface area contributed by atoms with Crippen molar-refractivity contribution >= 4 is 29.2 Å². The number of nitrogens with zero attached hydrogens (tertiary/aromatic N) is 3. The Kier molecular flexibility index (Phi) is 9.44. The molecule has 0 unspecified atom stereocenters. The number of piperazine rings is 1. The Hall–Kier alpha value is -2.89. The van der Waals surface area contributed by atoms with Crippen molar-refractivity contribution in [2.24, 2.45) is 0 Å². The molecule has 3 N–H and O–H groups in total. The van der Waals surface area contributed by atoms with Gasteiger partial charge in [0.1, 0.15) is 10.8 Å². The molecular weight excluding hydrogens is 451 g/mol. The molecule has 1 amide bonds. The lowest BCUT2D eigenvalue weighted by molar-refractivity contribution is -0.159. The standard InChI is InChI=1S/C20H27FN4OS.C2H2O4/c1-20(2,3)23-18(26)12-24-8-10-25(11-9-24)13-19-22-17(14-27-19)15-4-6-16(21)7-5-15;3-1(4)2(5)6/h4-7,14H,8-13H2,1-3H3,(H,23,26);(H,3,4)(H,5,6). The Balaban J connectivity index is 0.000000569. The van der Waals surface area contributed by atoms with Crippen LogP contribution in [0, 0.1) is 5.82 Å². The number of rotatable bonds is 5. The van der Waals surface area contributed by atoms with Crippen molar-refractivity contribution in [3.63, 3.8) is 0 Å². The van der Waals surface area contributed by atoms with E-state index in [1.165, 1.54) is 12.1 Å². The maximum absolute atomic E-state index is 13.1. The molecule has 1 aromatic carbocycles. The molecule has 1 saturated heterocycles. The molecule has 0 atom stereocenters. The van der Waals surface area contributed by atoms with Crippen LogP contribution in [-0.4, -0.2) is 81.1 Å². The molecule has 33 heavy (non-hydrogen) atoms. The molecule has 1 aromatic heterocycles. The number of thiazole rings is 1. The minimum Gasteiger partial charge on any atom is -0.473 e. The van der Waals surface area contributed by atoms with E-state index in [2.05, 4.69) is 20.1 Å². The highest BCUT2D eigenvalue weighted by molar-refractivity contribution is 7.09. The van der Waals surface area contributed by atoms with Gasteiger partial charge in [-0.1, -0.05) is 0 Å². The number of aromatic nitrogens is 1. The van der Waals surface area contributed by atoms with Crippen LogP contribution in [0.5, 0.6) is 0 Å². The summed E-state index contributed by atoms with van der Waals surface area (Å²) in [6.07, 6.45) is 0. The summed E-state index contributed by atoms with van der Waals surface area (Å²) >= 11 is 1.64. The van der Waals surface area contributed by atoms with Gasteiger partial charge in [-0.05, 0) is 45.0 Å². The summed E-state index contributed by atoms with van der Waals surface area (Å²) in [6, 6.07) is 6.44. The van der Waals surface area contributed by atoms with Crippen molar-refractivity contribution < 1.29 is 29.0 Å². The minimum absolute atomic E-state index is 0.0832. The summed E-state index contributed by atoms with van der Waals surface area (Å²) in [7, 11) is 0. The molecule has 0 spiro atoms. The van der Waals surface area contributed by atoms with Crippen molar-refractivity contribution in [2.45, 2.75) is 32.9 Å². The Morgan fingerprint density at radius 3 is 2.09 bits per heavy atom. The monoisotopic (exact) mass is 480 g/mol. The number of halogens is 1. The lowest BCUT2D eigenvalue weighted by Gasteiger charge is -2.34. The maximum Gasteiger partial charge on any atom is 0.414 e. The zero-order chi connectivity index (χ0) is 24.6. The maximum atomic E-state index is 13.1. The highest BCUT2D eigenvalue weighted by atomic mass is 32.1. The molecule has 9 nitrogen and oxygen atoms in total. The van der Waals surface area contributed by atoms with Gasteiger partial charge in [0.25, 0.3) is 0 Å². The molecule has 0 aliphatic carbocycles. The van der Waals surface area contributed by atoms with Gasteiger partial charge in [-0.25, -0.2) is 19.0 Å². The van der Waals surface area contributed by atoms with E-state index in [-0.39, 0.29) is 17.3 Å². The van der Waals surface area contributed by atoms with Gasteiger partial charge in [0.05, 0.1) is 18.8 Å². The fraction of sp³-hybridized carbons (Fsp3) is 0.455. The Morgan fingerprint density at radius 2 is 1.58 bits per heavy atom. The molecule has 1 aliphatic heterocycles. The van der Waals surface area contributed by atoms with Crippen LogP contribution in [0.3, 0.4) is 0 Å². The molecule has 0 radical (unpaired) electrons. The van der Waals surface area contributed by atoms with Crippen LogP contribution in [0.4, 0.5) is 4.39 Å². The number of nitrogens with one attached hydrogen (secondary N) is 1. The third-order valence-corrected chi connectivity index (χ3v) is 5.41. The summed E-state index contributed by atoms with van der Waals surface area (Å²) in [6.45, 7) is 10.9. The second-order valence-corrected chi connectivity index (χ2v) is 9.54. The van der Waals surface area contributed by atoms with Gasteiger partial charge in [0.15, 0.2) is 0 Å². The molecule has 2 aromatic rings. The first-order chi connectivity index (χ1) is 15.4. The van der Waals surface area contributed by atoms with Gasteiger partial charge in [0, 0.05) is 42.7 Å². The minimum atomic E-state index is -1.82. The van der Waals surface area contributed by atoms with E-state index in [0.717, 1.165) is 49.0 Å². The van der Waals surface area contributed by atoms with Crippen LogP contribution in [0.2, 0.25) is 0 Å². The van der Waals surface area contributed by atoms with Crippen LogP contribution >= 0.6 is 11.3 Å². The molecule has 0 saturated carbocycles. The first kappa shape index (κ1) is 26.4. The fourth-order valence-electron chi connectivity index (χ4n) is 3.09. The highest BCUT2D eigenvalue weighted by Gasteiger charge is 2.21. The third kappa shape index (κ3) is 9.64. The van der Waals surface area contributed by atoms with Gasteiger partial charge in [-0.3, -0.25) is 14.6 Å². The normalized spacial score (nSPS) is 14.8. The van der Waals surface area contributed by atoms with E-state index >= 15 is 0 Å². The molecule has 11 heteroatoms. The van der Waals surface area contributed by atoms with Crippen LogP contribution in [0.1, 0.15) is 25.8 Å². The Labute approximate surface area is 195 Å². The zero-order valence-corrected chi connectivity index (χ0v) is 19.7. The zero-order valence-electron chi connectivity index (χ0n) is 18.9. The number of hydrogen-bond donors (Lipinski definition) is 3. The SMILES string of the molecule is CC(C)(C)NC(=O)CN1CCN(Cc2nc(-c3ccc(F)cc3)cs2)CC1.O=C(O)C(=O)O. The van der Waals surface area contributed by atoms with Gasteiger partial charge in [-0.15, -0.1) is 11.3 Å². The van der Waals surface area contributed by atoms with Crippen LogP contribution in [0.15, 0.2) is 29.6 Å². The fourth-order valence-corrected chi connectivity index (χ4v) is 3.94. The first-order valence-corrected chi connectivity index (χ1v) is 11.2. The smallest absolute Gasteiger partial charge is 0.414 e. The van der Waals surface area contributed by atoms with Crippen LogP contribution in [-0.2, 0) is 20.9 Å². The van der Waals surface area contributed by atoms with E-state index in [1.807, 2.05) is 26.2 Å². The number of carbonyl (C=O) groups is 3. The van der Waals surface area contributed by atoms with Gasteiger partial charge in [-0.2, -0.15) is 0 Å². The first-order valence-electron chi connectivity index (χ1n) is 10.4. The Morgan fingerprint density at radius 1 is 1.03 bits per heavy atom. The summed E-state index contributed by atoms with van der Waals surface area (Å²) in [5.41, 5.74) is 1.65. The van der Waals surface area contributed by atoms with Gasteiger partial charge in [0.2, 0.25) is 5.91 Å². The summed E-state index contributed by atoms with van der Waals surface area (Å²) in [5.74, 6) is -3.80. The van der Waals surface area contributed by atoms with E-state index in [9.17, 15) is 9.18 Å². The van der Waals surface area contributed by atoms with Gasteiger partial charge >= 0.3 is 11.9 Å². The predicted octanol–water partition coefficient (Wildman–Crippen LogP) is 2.14. The molecule has 1 fully saturated rings. The number of carboxylic acid groups (broad SMARTS) is 2. The topological polar surface area (TPSA) is 123 Å². The van der Waals surface area contributed by atoms with Crippen molar-refractivity contribution in [2.75, 3.05) is 32.7 Å². The molecule has 1 aliphatic rings. The number of hydrogen-bond acceptors (Lipinski definition) is 7. The highest BCUT2D eigenvalue weighted by Crippen LogP contribution is 2.23. The summed E-state index contributed by atoms with van der Waals surface area (Å²) < 4.78 is 13.1. The molecule has 3 rings (SSSR count). The number of benzene rings is 1. The van der Waals surface area contributed by atoms with Crippen molar-refractivity contribution in [3.05, 3.63) is 40.5 Å². The van der Waals surface area contributed by atoms with Crippen molar-refractivity contribution in [1.29, 1.82) is 0 Å². The largest absolute Gasteiger partial charge is 0.473 e. The summed E-state index contributed by atoms with van der Waals surface area (Å²) in [5, 5.41) is 20.9. The summed E-state index contributed by atoms with van der Waals surface area (Å²) in [4.78, 5) is 39.5. The van der Waals surface area contributed by atoms with E-state index < -0.39 is 11.9 Å². The number of carboxylic acids is 2. The number of carbonyl (C=O) groups excluding carboxylic acids is 1. The van der Waals surface area contributed by atoms with E-state index in [0.29, 0.717) is 6.54 Å². The lowest BCUT2D eigenvalue weighted by atomic mass is 10.1. The molecular formula is C22H29FN4O5S. The van der Waals surface area contributed by atoms with Crippen molar-refractivity contribution in [1.82, 2.24) is 20.1 Å². The van der Waals surface area contributed by atoms with E-state index in [4.69, 9.17) is 19.8 Å². The quantitative estimate of drug-likeness (QED) is 0.557. The Bertz CT molecular complexity index is 938. The second kappa shape index (κ2) is 11.8. The lowest BCUT2D eigenvalue weighted by Crippen LogP contribution is -2.51. The molecule has 0 bridgehead atoms. The molecule has 2 heterocycles. The van der Waals surface area contributed by atoms with E-state index in [1.54, 1.807) is 23.5 Å². The number of amides is 1. The average molecular weight is 481 g/mol. The molecule has 180 valence electrons. The second-order valence-electron chi connectivity index (χ2n) is 8.59. The van der Waals surface area contributed by atoms with Crippen LogP contribution < -0.4 is 5.32 Å². The number of aliphatic carboxylic acids is 2. The third-order valence-electron chi connectivity index (χ3n) is 4.58. The van der Waals surface area contributed by atoms with Gasteiger partial charge < -0.3 is 15.5 Å². The van der Waals surface area contributed by atoms with Crippen LogP contribution in [0.25, 0.3) is 11.3 Å².